The Labute approximate surface area is 112 Å². The highest BCUT2D eigenvalue weighted by Crippen LogP contribution is 2.17. The van der Waals surface area contributed by atoms with E-state index in [4.69, 9.17) is 5.73 Å². The standard InChI is InChI=1S/C14H18N4O/c1-10-12(9-18(2)17-10)8-16-13-6-4-3-5-11(13)7-14(15)19/h3-6,9,16H,7-8H2,1-2H3,(H2,15,19). The van der Waals surface area contributed by atoms with E-state index in [2.05, 4.69) is 10.4 Å². The molecule has 100 valence electrons. The number of aromatic nitrogens is 2. The van der Waals surface area contributed by atoms with Gasteiger partial charge in [-0.1, -0.05) is 18.2 Å². The molecular formula is C14H18N4O. The number of para-hydroxylation sites is 1. The van der Waals surface area contributed by atoms with Crippen molar-refractivity contribution in [3.8, 4) is 0 Å². The number of benzene rings is 1. The van der Waals surface area contributed by atoms with Gasteiger partial charge in [0.05, 0.1) is 12.1 Å². The van der Waals surface area contributed by atoms with Gasteiger partial charge in [-0.25, -0.2) is 0 Å². The van der Waals surface area contributed by atoms with Crippen LogP contribution in [0.4, 0.5) is 5.69 Å². The van der Waals surface area contributed by atoms with Gasteiger partial charge in [0.2, 0.25) is 5.91 Å². The van der Waals surface area contributed by atoms with Crippen LogP contribution < -0.4 is 11.1 Å². The van der Waals surface area contributed by atoms with Crippen molar-refractivity contribution in [2.24, 2.45) is 12.8 Å². The summed E-state index contributed by atoms with van der Waals surface area (Å²) < 4.78 is 1.79. The number of nitrogens with two attached hydrogens (primary N) is 1. The zero-order valence-electron chi connectivity index (χ0n) is 11.2. The summed E-state index contributed by atoms with van der Waals surface area (Å²) in [5.41, 5.74) is 9.23. The Balaban J connectivity index is 2.11. The number of nitrogens with zero attached hydrogens (tertiary/aromatic N) is 2. The summed E-state index contributed by atoms with van der Waals surface area (Å²) in [6.45, 7) is 2.65. The Hall–Kier alpha value is -2.30. The molecule has 5 heteroatoms. The lowest BCUT2D eigenvalue weighted by Gasteiger charge is -2.10. The number of aryl methyl sites for hydroxylation is 2. The molecule has 1 aromatic heterocycles. The van der Waals surface area contributed by atoms with Crippen molar-refractivity contribution in [3.05, 3.63) is 47.3 Å². The maximum Gasteiger partial charge on any atom is 0.221 e. The fraction of sp³-hybridized carbons (Fsp3) is 0.286. The fourth-order valence-electron chi connectivity index (χ4n) is 2.05. The minimum atomic E-state index is -0.327. The van der Waals surface area contributed by atoms with E-state index in [0.29, 0.717) is 6.54 Å². The maximum atomic E-state index is 11.0. The average Bonchev–Trinajstić information content (AvgIpc) is 2.66. The van der Waals surface area contributed by atoms with Gasteiger partial charge in [-0.2, -0.15) is 5.10 Å². The first-order chi connectivity index (χ1) is 9.06. The number of rotatable bonds is 5. The van der Waals surface area contributed by atoms with Crippen molar-refractivity contribution in [2.45, 2.75) is 19.9 Å². The highest BCUT2D eigenvalue weighted by atomic mass is 16.1. The first-order valence-corrected chi connectivity index (χ1v) is 6.15. The molecule has 2 rings (SSSR count). The van der Waals surface area contributed by atoms with E-state index in [0.717, 1.165) is 22.5 Å². The monoisotopic (exact) mass is 258 g/mol. The van der Waals surface area contributed by atoms with Gasteiger partial charge in [0.1, 0.15) is 0 Å². The number of hydrogen-bond acceptors (Lipinski definition) is 3. The van der Waals surface area contributed by atoms with E-state index in [1.54, 1.807) is 4.68 Å². The first kappa shape index (κ1) is 13.1. The second-order valence-electron chi connectivity index (χ2n) is 4.57. The normalized spacial score (nSPS) is 10.4. The SMILES string of the molecule is Cc1nn(C)cc1CNc1ccccc1CC(N)=O. The van der Waals surface area contributed by atoms with Crippen LogP contribution in [0.2, 0.25) is 0 Å². The highest BCUT2D eigenvalue weighted by molar-refractivity contribution is 5.78. The Bertz CT molecular complexity index is 589. The molecule has 0 saturated carbocycles. The number of nitrogens with one attached hydrogen (secondary N) is 1. The number of anilines is 1. The molecule has 2 aromatic rings. The number of carbonyl (C=O) groups is 1. The molecule has 1 heterocycles. The summed E-state index contributed by atoms with van der Waals surface area (Å²) in [6, 6.07) is 7.69. The van der Waals surface area contributed by atoms with Crippen LogP contribution >= 0.6 is 0 Å². The van der Waals surface area contributed by atoms with Gasteiger partial charge in [0.15, 0.2) is 0 Å². The predicted molar refractivity (Wildman–Crippen MR) is 74.6 cm³/mol. The summed E-state index contributed by atoms with van der Waals surface area (Å²) in [6.07, 6.45) is 2.23. The predicted octanol–water partition coefficient (Wildman–Crippen LogP) is 1.37. The van der Waals surface area contributed by atoms with Crippen molar-refractivity contribution >= 4 is 11.6 Å². The zero-order chi connectivity index (χ0) is 13.8. The summed E-state index contributed by atoms with van der Waals surface area (Å²) in [4.78, 5) is 11.0. The minimum absolute atomic E-state index is 0.245. The second kappa shape index (κ2) is 5.56. The third-order valence-electron chi connectivity index (χ3n) is 2.97. The van der Waals surface area contributed by atoms with E-state index in [9.17, 15) is 4.79 Å². The third kappa shape index (κ3) is 3.34. The molecule has 0 bridgehead atoms. The Morgan fingerprint density at radius 2 is 2.11 bits per heavy atom. The van der Waals surface area contributed by atoms with Crippen molar-refractivity contribution in [2.75, 3.05) is 5.32 Å². The van der Waals surface area contributed by atoms with Crippen LogP contribution in [0.1, 0.15) is 16.8 Å². The molecule has 0 atom stereocenters. The van der Waals surface area contributed by atoms with E-state index in [1.165, 1.54) is 0 Å². The number of amides is 1. The van der Waals surface area contributed by atoms with Gasteiger partial charge >= 0.3 is 0 Å². The molecule has 19 heavy (non-hydrogen) atoms. The van der Waals surface area contributed by atoms with Crippen molar-refractivity contribution in [1.29, 1.82) is 0 Å². The van der Waals surface area contributed by atoms with Gasteiger partial charge < -0.3 is 11.1 Å². The van der Waals surface area contributed by atoms with Gasteiger partial charge in [-0.3, -0.25) is 9.48 Å². The molecule has 0 radical (unpaired) electrons. The minimum Gasteiger partial charge on any atom is -0.381 e. The van der Waals surface area contributed by atoms with Gasteiger partial charge in [-0.15, -0.1) is 0 Å². The lowest BCUT2D eigenvalue weighted by molar-refractivity contribution is -0.117. The number of hydrogen-bond donors (Lipinski definition) is 2. The quantitative estimate of drug-likeness (QED) is 0.850. The van der Waals surface area contributed by atoms with Crippen LogP contribution in [0.5, 0.6) is 0 Å². The van der Waals surface area contributed by atoms with Crippen molar-refractivity contribution in [1.82, 2.24) is 9.78 Å². The van der Waals surface area contributed by atoms with Crippen LogP contribution in [0.25, 0.3) is 0 Å². The van der Waals surface area contributed by atoms with Crippen LogP contribution in [0, 0.1) is 6.92 Å². The molecule has 0 aliphatic heterocycles. The molecule has 1 aromatic carbocycles. The van der Waals surface area contributed by atoms with E-state index >= 15 is 0 Å². The lowest BCUT2D eigenvalue weighted by Crippen LogP contribution is -2.15. The largest absolute Gasteiger partial charge is 0.381 e. The molecule has 0 saturated heterocycles. The smallest absolute Gasteiger partial charge is 0.221 e. The van der Waals surface area contributed by atoms with Crippen LogP contribution in [0.15, 0.2) is 30.5 Å². The van der Waals surface area contributed by atoms with E-state index < -0.39 is 0 Å². The lowest BCUT2D eigenvalue weighted by atomic mass is 10.1. The Kier molecular flexibility index (Phi) is 3.85. The average molecular weight is 258 g/mol. The second-order valence-corrected chi connectivity index (χ2v) is 4.57. The summed E-state index contributed by atoms with van der Waals surface area (Å²) in [7, 11) is 1.90. The Morgan fingerprint density at radius 3 is 2.74 bits per heavy atom. The Morgan fingerprint density at radius 1 is 1.37 bits per heavy atom. The summed E-state index contributed by atoms with van der Waals surface area (Å²) in [5, 5.41) is 7.62. The molecule has 0 fully saturated rings. The van der Waals surface area contributed by atoms with Gasteiger partial charge in [-0.05, 0) is 18.6 Å². The number of carbonyl (C=O) groups excluding carboxylic acids is 1. The van der Waals surface area contributed by atoms with Crippen LogP contribution in [0.3, 0.4) is 0 Å². The van der Waals surface area contributed by atoms with E-state index in [1.807, 2.05) is 44.4 Å². The van der Waals surface area contributed by atoms with E-state index in [-0.39, 0.29) is 12.3 Å². The molecule has 0 aliphatic rings. The molecule has 0 aliphatic carbocycles. The highest BCUT2D eigenvalue weighted by Gasteiger charge is 2.06. The summed E-state index contributed by atoms with van der Waals surface area (Å²) >= 11 is 0. The molecule has 3 N–H and O–H groups in total. The zero-order valence-corrected chi connectivity index (χ0v) is 11.2. The molecule has 1 amide bonds. The van der Waals surface area contributed by atoms with Crippen LogP contribution in [-0.4, -0.2) is 15.7 Å². The maximum absolute atomic E-state index is 11.0. The van der Waals surface area contributed by atoms with Crippen molar-refractivity contribution in [3.63, 3.8) is 0 Å². The molecule has 0 spiro atoms. The van der Waals surface area contributed by atoms with Gasteiger partial charge in [0, 0.05) is 31.0 Å². The summed E-state index contributed by atoms with van der Waals surface area (Å²) in [5.74, 6) is -0.327. The first-order valence-electron chi connectivity index (χ1n) is 6.15. The van der Waals surface area contributed by atoms with Crippen LogP contribution in [-0.2, 0) is 24.8 Å². The fourth-order valence-corrected chi connectivity index (χ4v) is 2.05. The van der Waals surface area contributed by atoms with Crippen molar-refractivity contribution < 1.29 is 4.79 Å². The van der Waals surface area contributed by atoms with Gasteiger partial charge in [0.25, 0.3) is 0 Å². The molecule has 0 unspecified atom stereocenters. The third-order valence-corrected chi connectivity index (χ3v) is 2.97. The topological polar surface area (TPSA) is 72.9 Å². The molecule has 5 nitrogen and oxygen atoms in total. The molecular weight excluding hydrogens is 240 g/mol. The number of primary amides is 1.